The summed E-state index contributed by atoms with van der Waals surface area (Å²) in [5.74, 6) is 0. The predicted molar refractivity (Wildman–Crippen MR) is 163 cm³/mol. The fourth-order valence-electron chi connectivity index (χ4n) is 4.66. The van der Waals surface area contributed by atoms with Gasteiger partial charge in [0.05, 0.1) is 0 Å². The molecule has 0 saturated heterocycles. The van der Waals surface area contributed by atoms with Crippen LogP contribution < -0.4 is 14.0 Å². The van der Waals surface area contributed by atoms with Gasteiger partial charge in [-0.15, -0.1) is 0 Å². The fraction of sp³-hybridized carbons (Fsp3) is 0.194. The number of hydrogen-bond donors (Lipinski definition) is 0. The Morgan fingerprint density at radius 3 is 0.943 bits per heavy atom. The number of benzene rings is 4. The molecule has 0 amide bonds. The van der Waals surface area contributed by atoms with Crippen LogP contribution in [0.15, 0.2) is 97.1 Å². The number of aryl methyl sites for hydroxylation is 4. The molecule has 4 rings (SSSR count). The number of nitrogens with zero attached hydrogens (tertiary/aromatic N) is 1. The molecule has 0 saturated carbocycles. The molecule has 35 heavy (non-hydrogen) atoms. The molecule has 0 aliphatic rings. The molecule has 0 aliphatic heterocycles. The van der Waals surface area contributed by atoms with Crippen molar-refractivity contribution >= 4 is 55.4 Å². The summed E-state index contributed by atoms with van der Waals surface area (Å²) in [5, 5.41) is 0. The zero-order valence-electron chi connectivity index (χ0n) is 21.4. The van der Waals surface area contributed by atoms with Crippen LogP contribution in [0.2, 0.25) is 0 Å². The molecule has 4 heteroatoms. The second-order valence-corrected chi connectivity index (χ2v) is 29.1. The van der Waals surface area contributed by atoms with Crippen molar-refractivity contribution in [3.63, 3.8) is 0 Å². The predicted octanol–water partition coefficient (Wildman–Crippen LogP) is 5.33. The summed E-state index contributed by atoms with van der Waals surface area (Å²) in [6.07, 6.45) is 0. The Bertz CT molecular complexity index is 1130. The molecule has 0 spiro atoms. The molecule has 180 valence electrons. The van der Waals surface area contributed by atoms with Crippen LogP contribution in [0, 0.1) is 27.7 Å². The van der Waals surface area contributed by atoms with E-state index in [1.807, 2.05) is 8.85 Å². The van der Waals surface area contributed by atoms with E-state index in [2.05, 4.69) is 144 Å². The summed E-state index contributed by atoms with van der Waals surface area (Å²) in [7, 11) is 6.07. The van der Waals surface area contributed by atoms with E-state index >= 15 is 0 Å². The first-order chi connectivity index (χ1) is 16.7. The molecule has 0 heterocycles. The standard InChI is InChI=1S/4C7H7.C3H7NS2.Sb/c4*1-7-5-3-2-4-6-7;1-4(2)3(5)6;/h4*3-6H,1H3;1-2H3,(H,5,6);/q;;;;;+1/p-1. The molecule has 0 N–H and O–H groups in total. The molecule has 0 fully saturated rings. The first-order valence-electron chi connectivity index (χ1n) is 11.9. The Hall–Kier alpha value is -2.06. The van der Waals surface area contributed by atoms with Crippen molar-refractivity contribution in [1.82, 2.24) is 4.90 Å². The van der Waals surface area contributed by atoms with Crippen LogP contribution in [0.1, 0.15) is 22.3 Å². The quantitative estimate of drug-likeness (QED) is 0.224. The molecule has 0 radical (unpaired) electrons. The molecular formula is C31H34NS2Sb. The topological polar surface area (TPSA) is 3.24 Å². The third kappa shape index (κ3) is 4.48. The minimum atomic E-state index is -4.57. The van der Waals surface area contributed by atoms with Gasteiger partial charge in [-0.25, -0.2) is 0 Å². The number of rotatable bonds is 5. The first-order valence-corrected chi connectivity index (χ1v) is 21.3. The van der Waals surface area contributed by atoms with E-state index in [0.29, 0.717) is 0 Å². The van der Waals surface area contributed by atoms with E-state index in [1.54, 1.807) is 0 Å². The average Bonchev–Trinajstić information content (AvgIpc) is 2.84. The Morgan fingerprint density at radius 1 is 0.514 bits per heavy atom. The van der Waals surface area contributed by atoms with Crippen molar-refractivity contribution in [2.45, 2.75) is 27.7 Å². The van der Waals surface area contributed by atoms with Crippen molar-refractivity contribution < 1.29 is 0 Å². The fourth-order valence-corrected chi connectivity index (χ4v) is 32.8. The molecule has 4 aromatic rings. The van der Waals surface area contributed by atoms with E-state index in [-0.39, 0.29) is 0 Å². The van der Waals surface area contributed by atoms with Gasteiger partial charge in [0.25, 0.3) is 0 Å². The molecule has 0 unspecified atom stereocenters. The van der Waals surface area contributed by atoms with E-state index in [0.717, 1.165) is 4.32 Å². The third-order valence-corrected chi connectivity index (χ3v) is 34.3. The summed E-state index contributed by atoms with van der Waals surface area (Å²) in [6.45, 7) is 8.64. The van der Waals surface area contributed by atoms with Gasteiger partial charge in [0.2, 0.25) is 0 Å². The molecule has 0 aliphatic carbocycles. The maximum atomic E-state index is 6.14. The van der Waals surface area contributed by atoms with Crippen molar-refractivity contribution in [1.29, 1.82) is 0 Å². The van der Waals surface area contributed by atoms with Crippen molar-refractivity contribution in [2.75, 3.05) is 14.1 Å². The molecule has 4 aromatic carbocycles. The first kappa shape index (κ1) is 26.0. The van der Waals surface area contributed by atoms with Crippen molar-refractivity contribution in [3.8, 4) is 0 Å². The maximum absolute atomic E-state index is 6.14. The minimum absolute atomic E-state index is 0.911. The van der Waals surface area contributed by atoms with E-state index < -0.39 is 16.0 Å². The van der Waals surface area contributed by atoms with Crippen LogP contribution in [0.5, 0.6) is 0 Å². The summed E-state index contributed by atoms with van der Waals surface area (Å²) in [5.41, 5.74) is 5.05. The van der Waals surface area contributed by atoms with Gasteiger partial charge in [-0.2, -0.15) is 0 Å². The molecule has 0 atom stereocenters. The number of thiocarbonyl (C=S) groups is 1. The van der Waals surface area contributed by atoms with Crippen molar-refractivity contribution in [3.05, 3.63) is 119 Å². The van der Waals surface area contributed by atoms with Crippen LogP contribution in [0.25, 0.3) is 0 Å². The monoisotopic (exact) mass is 605 g/mol. The van der Waals surface area contributed by atoms with E-state index in [1.165, 1.54) is 36.3 Å². The van der Waals surface area contributed by atoms with Crippen LogP contribution in [-0.2, 0) is 0 Å². The SMILES string of the molecule is Cc1cc[c]([Sb]([S]C(=S)N(C)C)([c]2ccc(C)cc2)([c]2ccc(C)cc2)[c]2ccc(C)cc2)cc1. The van der Waals surface area contributed by atoms with Gasteiger partial charge < -0.3 is 0 Å². The summed E-state index contributed by atoms with van der Waals surface area (Å²) >= 11 is 1.57. The van der Waals surface area contributed by atoms with Gasteiger partial charge in [-0.1, -0.05) is 0 Å². The molecule has 0 aromatic heterocycles. The summed E-state index contributed by atoms with van der Waals surface area (Å²) in [4.78, 5) is 2.09. The Labute approximate surface area is 220 Å². The Morgan fingerprint density at radius 2 is 0.743 bits per heavy atom. The van der Waals surface area contributed by atoms with Gasteiger partial charge in [-0.05, 0) is 0 Å². The van der Waals surface area contributed by atoms with Gasteiger partial charge in [0.15, 0.2) is 0 Å². The Balaban J connectivity index is 2.30. The molecule has 1 nitrogen and oxygen atoms in total. The normalized spacial score (nSPS) is 12.6. The van der Waals surface area contributed by atoms with Gasteiger partial charge in [0, 0.05) is 0 Å². The van der Waals surface area contributed by atoms with Crippen molar-refractivity contribution in [2.24, 2.45) is 0 Å². The second kappa shape index (κ2) is 10.1. The van der Waals surface area contributed by atoms with Gasteiger partial charge >= 0.3 is 221 Å². The van der Waals surface area contributed by atoms with Crippen LogP contribution in [0.4, 0.5) is 0 Å². The summed E-state index contributed by atoms with van der Waals surface area (Å²) < 4.78 is 6.45. The Kier molecular flexibility index (Phi) is 7.53. The third-order valence-electron chi connectivity index (χ3n) is 6.73. The zero-order chi connectivity index (χ0) is 25.2. The molecule has 0 bridgehead atoms. The average molecular weight is 607 g/mol. The van der Waals surface area contributed by atoms with E-state index in [9.17, 15) is 0 Å². The second-order valence-electron chi connectivity index (χ2n) is 9.63. The van der Waals surface area contributed by atoms with Gasteiger partial charge in [0.1, 0.15) is 0 Å². The van der Waals surface area contributed by atoms with E-state index in [4.69, 9.17) is 12.2 Å². The number of hydrogen-bond acceptors (Lipinski definition) is 2. The zero-order valence-corrected chi connectivity index (χ0v) is 25.6. The van der Waals surface area contributed by atoms with Crippen LogP contribution >= 0.6 is 21.1 Å². The van der Waals surface area contributed by atoms with Crippen LogP contribution in [0.3, 0.4) is 0 Å². The van der Waals surface area contributed by atoms with Crippen LogP contribution in [-0.4, -0.2) is 39.3 Å². The summed E-state index contributed by atoms with van der Waals surface area (Å²) in [6, 6.07) is 37.0. The molecular weight excluding hydrogens is 572 g/mol. The van der Waals surface area contributed by atoms with Gasteiger partial charge in [-0.3, -0.25) is 0 Å².